The van der Waals surface area contributed by atoms with Crippen LogP contribution in [0.15, 0.2) is 36.7 Å². The lowest BCUT2D eigenvalue weighted by atomic mass is 10.1. The molecule has 0 spiro atoms. The van der Waals surface area contributed by atoms with Gasteiger partial charge in [0.15, 0.2) is 5.65 Å². The molecule has 4 aromatic rings. The molecule has 0 saturated carbocycles. The Kier molecular flexibility index (Phi) is 2.69. The third-order valence-electron chi connectivity index (χ3n) is 3.94. The highest BCUT2D eigenvalue weighted by molar-refractivity contribution is 5.98. The molecule has 0 aliphatic rings. The van der Waals surface area contributed by atoms with Gasteiger partial charge in [-0.25, -0.2) is 9.97 Å². The van der Waals surface area contributed by atoms with Crippen molar-refractivity contribution in [2.75, 3.05) is 7.11 Å². The number of aryl methyl sites for hydroxylation is 2. The number of hydrogen-bond acceptors (Lipinski definition) is 3. The molecule has 0 unspecified atom stereocenters. The Morgan fingerprint density at radius 1 is 1.23 bits per heavy atom. The number of methoxy groups -OCH3 is 1. The molecule has 4 rings (SSSR count). The van der Waals surface area contributed by atoms with E-state index < -0.39 is 0 Å². The lowest BCUT2D eigenvalue weighted by molar-refractivity contribution is 0.415. The Labute approximate surface area is 127 Å². The summed E-state index contributed by atoms with van der Waals surface area (Å²) in [6.45, 7) is 1.95. The van der Waals surface area contributed by atoms with E-state index in [-0.39, 0.29) is 0 Å². The van der Waals surface area contributed by atoms with Gasteiger partial charge in [0.25, 0.3) is 0 Å². The fraction of sp³-hybridized carbons (Fsp3) is 0.176. The van der Waals surface area contributed by atoms with Gasteiger partial charge in [0.1, 0.15) is 11.3 Å². The smallest absolute Gasteiger partial charge is 0.156 e. The molecule has 0 saturated heterocycles. The average Bonchev–Trinajstić information content (AvgIpc) is 3.07. The average molecular weight is 292 g/mol. The van der Waals surface area contributed by atoms with Crippen molar-refractivity contribution >= 4 is 22.1 Å². The highest BCUT2D eigenvalue weighted by Gasteiger charge is 2.13. The molecule has 3 aromatic heterocycles. The summed E-state index contributed by atoms with van der Waals surface area (Å²) in [4.78, 5) is 12.3. The highest BCUT2D eigenvalue weighted by atomic mass is 16.5. The van der Waals surface area contributed by atoms with Crippen LogP contribution in [0.4, 0.5) is 0 Å². The van der Waals surface area contributed by atoms with Crippen molar-refractivity contribution in [3.8, 4) is 17.0 Å². The molecule has 110 valence electrons. The highest BCUT2D eigenvalue weighted by Crippen LogP contribution is 2.33. The van der Waals surface area contributed by atoms with Gasteiger partial charge in [-0.2, -0.15) is 0 Å². The summed E-state index contributed by atoms with van der Waals surface area (Å²) in [6.07, 6.45) is 3.89. The van der Waals surface area contributed by atoms with E-state index in [0.717, 1.165) is 44.8 Å². The minimum Gasteiger partial charge on any atom is -0.497 e. The zero-order valence-corrected chi connectivity index (χ0v) is 12.7. The number of fused-ring (bicyclic) bond motifs is 2. The molecule has 0 aliphatic carbocycles. The second-order valence-corrected chi connectivity index (χ2v) is 5.47. The van der Waals surface area contributed by atoms with Crippen molar-refractivity contribution in [3.63, 3.8) is 0 Å². The normalized spacial score (nSPS) is 11.4. The summed E-state index contributed by atoms with van der Waals surface area (Å²) in [5.74, 6) is 0.850. The van der Waals surface area contributed by atoms with E-state index in [2.05, 4.69) is 37.8 Å². The van der Waals surface area contributed by atoms with Crippen molar-refractivity contribution in [1.29, 1.82) is 0 Å². The molecule has 5 nitrogen and oxygen atoms in total. The predicted molar refractivity (Wildman–Crippen MR) is 87.1 cm³/mol. The monoisotopic (exact) mass is 292 g/mol. The fourth-order valence-electron chi connectivity index (χ4n) is 2.85. The summed E-state index contributed by atoms with van der Waals surface area (Å²) in [7, 11) is 3.73. The van der Waals surface area contributed by atoms with Gasteiger partial charge in [0.2, 0.25) is 0 Å². The van der Waals surface area contributed by atoms with Gasteiger partial charge in [-0.3, -0.25) is 0 Å². The molecular weight excluding hydrogens is 276 g/mol. The van der Waals surface area contributed by atoms with Crippen molar-refractivity contribution < 1.29 is 4.74 Å². The molecule has 0 bridgehead atoms. The zero-order chi connectivity index (χ0) is 15.3. The quantitative estimate of drug-likeness (QED) is 0.616. The van der Waals surface area contributed by atoms with Crippen molar-refractivity contribution in [1.82, 2.24) is 19.5 Å². The number of nitrogens with one attached hydrogen (secondary N) is 1. The molecule has 1 aromatic carbocycles. The second-order valence-electron chi connectivity index (χ2n) is 5.47. The Morgan fingerprint density at radius 3 is 2.91 bits per heavy atom. The van der Waals surface area contributed by atoms with Gasteiger partial charge >= 0.3 is 0 Å². The first-order valence-corrected chi connectivity index (χ1v) is 7.11. The van der Waals surface area contributed by atoms with E-state index in [1.54, 1.807) is 13.3 Å². The van der Waals surface area contributed by atoms with Crippen LogP contribution in [-0.2, 0) is 7.05 Å². The van der Waals surface area contributed by atoms with Gasteiger partial charge in [0.05, 0.1) is 24.7 Å². The van der Waals surface area contributed by atoms with E-state index in [1.165, 1.54) is 0 Å². The molecule has 1 N–H and O–H groups in total. The van der Waals surface area contributed by atoms with Crippen LogP contribution in [0.3, 0.4) is 0 Å². The maximum atomic E-state index is 5.35. The first-order chi connectivity index (χ1) is 10.7. The SMILES string of the molecule is COc1ccc2c(c1)c(-c1cc3nc(C)cnc3[nH]1)cn2C. The number of aromatic nitrogens is 4. The molecule has 5 heteroatoms. The van der Waals surface area contributed by atoms with Crippen molar-refractivity contribution in [2.24, 2.45) is 7.05 Å². The Hall–Kier alpha value is -2.82. The minimum atomic E-state index is 0.806. The third kappa shape index (κ3) is 1.86. The molecule has 0 atom stereocenters. The summed E-state index contributed by atoms with van der Waals surface area (Å²) in [6, 6.07) is 8.15. The summed E-state index contributed by atoms with van der Waals surface area (Å²) >= 11 is 0. The number of nitrogens with zero attached hydrogens (tertiary/aromatic N) is 3. The van der Waals surface area contributed by atoms with Crippen LogP contribution >= 0.6 is 0 Å². The topological polar surface area (TPSA) is 55.7 Å². The number of ether oxygens (including phenoxy) is 1. The Balaban J connectivity index is 1.98. The van der Waals surface area contributed by atoms with Crippen LogP contribution < -0.4 is 4.74 Å². The van der Waals surface area contributed by atoms with E-state index >= 15 is 0 Å². The first kappa shape index (κ1) is 12.9. The van der Waals surface area contributed by atoms with Crippen LogP contribution in [0, 0.1) is 6.92 Å². The number of aromatic amines is 1. The summed E-state index contributed by atoms with van der Waals surface area (Å²) in [5.41, 5.74) is 5.90. The number of H-pyrrole nitrogens is 1. The van der Waals surface area contributed by atoms with Crippen LogP contribution in [0.1, 0.15) is 5.69 Å². The largest absolute Gasteiger partial charge is 0.497 e. The first-order valence-electron chi connectivity index (χ1n) is 7.11. The van der Waals surface area contributed by atoms with Gasteiger partial charge in [-0.15, -0.1) is 0 Å². The molecular formula is C17H16N4O. The maximum absolute atomic E-state index is 5.35. The number of rotatable bonds is 2. The van der Waals surface area contributed by atoms with E-state index in [1.807, 2.05) is 26.1 Å². The van der Waals surface area contributed by atoms with Crippen LogP contribution in [0.5, 0.6) is 5.75 Å². The molecule has 0 amide bonds. The van der Waals surface area contributed by atoms with Crippen molar-refractivity contribution in [3.05, 3.63) is 42.4 Å². The van der Waals surface area contributed by atoms with E-state index in [4.69, 9.17) is 4.74 Å². The van der Waals surface area contributed by atoms with Gasteiger partial charge < -0.3 is 14.3 Å². The number of benzene rings is 1. The Bertz CT molecular complexity index is 997. The zero-order valence-electron chi connectivity index (χ0n) is 12.7. The number of hydrogen-bond donors (Lipinski definition) is 1. The predicted octanol–water partition coefficient (Wildman–Crippen LogP) is 3.43. The third-order valence-corrected chi connectivity index (χ3v) is 3.94. The fourth-order valence-corrected chi connectivity index (χ4v) is 2.85. The van der Waals surface area contributed by atoms with Crippen LogP contribution in [0.2, 0.25) is 0 Å². The Morgan fingerprint density at radius 2 is 2.09 bits per heavy atom. The molecule has 0 radical (unpaired) electrons. The minimum absolute atomic E-state index is 0.806. The second kappa shape index (κ2) is 4.59. The molecule has 22 heavy (non-hydrogen) atoms. The lowest BCUT2D eigenvalue weighted by Crippen LogP contribution is -1.85. The maximum Gasteiger partial charge on any atom is 0.156 e. The lowest BCUT2D eigenvalue weighted by Gasteiger charge is -2.01. The molecule has 0 aliphatic heterocycles. The van der Waals surface area contributed by atoms with Crippen LogP contribution in [-0.4, -0.2) is 26.6 Å². The standard InChI is InChI=1S/C17H16N4O/c1-10-8-18-17-15(19-10)7-14(20-17)13-9-21(2)16-5-4-11(22-3)6-12(13)16/h4-9H,1-3H3,(H,18,20). The van der Waals surface area contributed by atoms with E-state index in [9.17, 15) is 0 Å². The molecule has 0 fully saturated rings. The van der Waals surface area contributed by atoms with E-state index in [0.29, 0.717) is 0 Å². The van der Waals surface area contributed by atoms with Gasteiger partial charge in [0, 0.05) is 29.7 Å². The van der Waals surface area contributed by atoms with Crippen LogP contribution in [0.25, 0.3) is 33.3 Å². The van der Waals surface area contributed by atoms with Crippen molar-refractivity contribution in [2.45, 2.75) is 6.92 Å². The van der Waals surface area contributed by atoms with Gasteiger partial charge in [-0.05, 0) is 31.2 Å². The summed E-state index contributed by atoms with van der Waals surface area (Å²) < 4.78 is 7.47. The summed E-state index contributed by atoms with van der Waals surface area (Å²) in [5, 5.41) is 1.14. The van der Waals surface area contributed by atoms with Gasteiger partial charge in [-0.1, -0.05) is 0 Å². The molecule has 3 heterocycles.